The molecule has 0 bridgehead atoms. The van der Waals surface area contributed by atoms with Gasteiger partial charge in [0.15, 0.2) is 0 Å². The van der Waals surface area contributed by atoms with E-state index in [1.807, 2.05) is 65.6 Å². The number of nitrogens with zero attached hydrogens (tertiary/aromatic N) is 2. The van der Waals surface area contributed by atoms with Crippen LogP contribution in [0.2, 0.25) is 0 Å². The van der Waals surface area contributed by atoms with Crippen LogP contribution in [0.1, 0.15) is 42.9 Å². The first-order valence-electron chi connectivity index (χ1n) is 11.5. The van der Waals surface area contributed by atoms with E-state index in [1.165, 1.54) is 4.31 Å². The van der Waals surface area contributed by atoms with E-state index in [0.29, 0.717) is 39.0 Å². The molecule has 172 valence electrons. The van der Waals surface area contributed by atoms with Gasteiger partial charge in [0.2, 0.25) is 15.9 Å². The topological polar surface area (TPSA) is 77.9 Å². The molecule has 0 aliphatic carbocycles. The van der Waals surface area contributed by atoms with Crippen molar-refractivity contribution in [2.75, 3.05) is 26.2 Å². The van der Waals surface area contributed by atoms with Gasteiger partial charge in [-0.25, -0.2) is 12.7 Å². The Kier molecular flexibility index (Phi) is 7.28. The Bertz CT molecular complexity index is 981. The summed E-state index contributed by atoms with van der Waals surface area (Å²) < 4.78 is 27.0. The molecule has 0 saturated carbocycles. The number of carbonyl (C=O) groups is 1. The van der Waals surface area contributed by atoms with Crippen molar-refractivity contribution in [3.8, 4) is 0 Å². The Morgan fingerprint density at radius 1 is 0.875 bits per heavy atom. The summed E-state index contributed by atoms with van der Waals surface area (Å²) in [5.74, 6) is 0.182. The van der Waals surface area contributed by atoms with Gasteiger partial charge in [-0.05, 0) is 42.7 Å². The van der Waals surface area contributed by atoms with E-state index < -0.39 is 16.1 Å². The summed E-state index contributed by atoms with van der Waals surface area (Å²) >= 11 is 0. The Morgan fingerprint density at radius 3 is 2.03 bits per heavy atom. The SMILES string of the molecule is O=C(C1CCN(S(=O)(=O)Cc2ccccc2)CC1)N1CCC(C(O)c2ccccc2)CC1. The Balaban J connectivity index is 1.26. The van der Waals surface area contributed by atoms with Crippen molar-refractivity contribution in [2.24, 2.45) is 11.8 Å². The van der Waals surface area contributed by atoms with E-state index in [1.54, 1.807) is 0 Å². The van der Waals surface area contributed by atoms with Crippen LogP contribution in [0.4, 0.5) is 0 Å². The minimum atomic E-state index is -3.37. The molecule has 2 aromatic carbocycles. The maximum absolute atomic E-state index is 13.0. The average molecular weight is 457 g/mol. The average Bonchev–Trinajstić information content (AvgIpc) is 2.84. The summed E-state index contributed by atoms with van der Waals surface area (Å²) in [6.07, 6.45) is 2.21. The molecule has 2 saturated heterocycles. The lowest BCUT2D eigenvalue weighted by Crippen LogP contribution is -2.47. The van der Waals surface area contributed by atoms with Gasteiger partial charge in [-0.2, -0.15) is 0 Å². The summed E-state index contributed by atoms with van der Waals surface area (Å²) in [4.78, 5) is 15.0. The Hall–Kier alpha value is -2.22. The highest BCUT2D eigenvalue weighted by Gasteiger charge is 2.35. The van der Waals surface area contributed by atoms with E-state index in [2.05, 4.69) is 0 Å². The maximum Gasteiger partial charge on any atom is 0.225 e. The number of sulfonamides is 1. The van der Waals surface area contributed by atoms with Gasteiger partial charge in [-0.3, -0.25) is 4.79 Å². The molecule has 0 aromatic heterocycles. The molecule has 32 heavy (non-hydrogen) atoms. The highest BCUT2D eigenvalue weighted by Crippen LogP contribution is 2.32. The fraction of sp³-hybridized carbons (Fsp3) is 0.480. The monoisotopic (exact) mass is 456 g/mol. The van der Waals surface area contributed by atoms with Gasteiger partial charge in [0.25, 0.3) is 0 Å². The summed E-state index contributed by atoms with van der Waals surface area (Å²) in [6, 6.07) is 18.9. The number of amides is 1. The Labute approximate surface area is 190 Å². The number of hydrogen-bond donors (Lipinski definition) is 1. The third kappa shape index (κ3) is 5.39. The molecule has 1 unspecified atom stereocenters. The van der Waals surface area contributed by atoms with E-state index in [4.69, 9.17) is 0 Å². The van der Waals surface area contributed by atoms with Crippen LogP contribution in [0.15, 0.2) is 60.7 Å². The van der Waals surface area contributed by atoms with E-state index in [-0.39, 0.29) is 23.5 Å². The van der Waals surface area contributed by atoms with Gasteiger partial charge in [0, 0.05) is 32.1 Å². The van der Waals surface area contributed by atoms with Gasteiger partial charge in [0.05, 0.1) is 11.9 Å². The molecule has 6 nitrogen and oxygen atoms in total. The van der Waals surface area contributed by atoms with Gasteiger partial charge in [-0.1, -0.05) is 60.7 Å². The zero-order valence-corrected chi connectivity index (χ0v) is 19.2. The highest BCUT2D eigenvalue weighted by molar-refractivity contribution is 7.88. The molecule has 1 amide bonds. The lowest BCUT2D eigenvalue weighted by Gasteiger charge is -2.38. The number of rotatable bonds is 6. The number of aliphatic hydroxyl groups is 1. The van der Waals surface area contributed by atoms with Gasteiger partial charge < -0.3 is 10.0 Å². The van der Waals surface area contributed by atoms with E-state index >= 15 is 0 Å². The number of piperidine rings is 2. The molecular formula is C25H32N2O4S. The van der Waals surface area contributed by atoms with Gasteiger partial charge >= 0.3 is 0 Å². The van der Waals surface area contributed by atoms with Crippen molar-refractivity contribution in [3.63, 3.8) is 0 Å². The first kappa shape index (κ1) is 23.0. The second-order valence-corrected chi connectivity index (χ2v) is 10.9. The first-order valence-corrected chi connectivity index (χ1v) is 13.1. The van der Waals surface area contributed by atoms with Crippen molar-refractivity contribution in [2.45, 2.75) is 37.5 Å². The third-order valence-electron chi connectivity index (χ3n) is 6.83. The number of benzene rings is 2. The molecule has 1 atom stereocenters. The van der Waals surface area contributed by atoms with Crippen LogP contribution in [0, 0.1) is 11.8 Å². The van der Waals surface area contributed by atoms with Crippen LogP contribution in [-0.4, -0.2) is 54.8 Å². The van der Waals surface area contributed by atoms with Crippen molar-refractivity contribution in [1.82, 2.24) is 9.21 Å². The van der Waals surface area contributed by atoms with Crippen molar-refractivity contribution in [1.29, 1.82) is 0 Å². The number of aliphatic hydroxyl groups excluding tert-OH is 1. The number of likely N-dealkylation sites (tertiary alicyclic amines) is 1. The third-order valence-corrected chi connectivity index (χ3v) is 8.68. The molecule has 2 fully saturated rings. The Morgan fingerprint density at radius 2 is 1.44 bits per heavy atom. The lowest BCUT2D eigenvalue weighted by molar-refractivity contribution is -0.138. The molecule has 0 radical (unpaired) electrons. The molecule has 0 spiro atoms. The smallest absolute Gasteiger partial charge is 0.225 e. The summed E-state index contributed by atoms with van der Waals surface area (Å²) in [5.41, 5.74) is 1.72. The summed E-state index contributed by atoms with van der Waals surface area (Å²) in [5, 5.41) is 10.7. The second kappa shape index (κ2) is 10.1. The quantitative estimate of drug-likeness (QED) is 0.724. The fourth-order valence-electron chi connectivity index (χ4n) is 4.87. The van der Waals surface area contributed by atoms with Crippen LogP contribution in [0.5, 0.6) is 0 Å². The molecule has 2 aliphatic heterocycles. The molecular weight excluding hydrogens is 424 g/mol. The van der Waals surface area contributed by atoms with Crippen molar-refractivity contribution < 1.29 is 18.3 Å². The van der Waals surface area contributed by atoms with Crippen LogP contribution < -0.4 is 0 Å². The molecule has 2 aromatic rings. The second-order valence-electron chi connectivity index (χ2n) is 8.93. The number of carbonyl (C=O) groups excluding carboxylic acids is 1. The van der Waals surface area contributed by atoms with Crippen LogP contribution in [0.3, 0.4) is 0 Å². The largest absolute Gasteiger partial charge is 0.388 e. The van der Waals surface area contributed by atoms with E-state index in [9.17, 15) is 18.3 Å². The summed E-state index contributed by atoms with van der Waals surface area (Å²) in [7, 11) is -3.37. The molecule has 1 N–H and O–H groups in total. The van der Waals surface area contributed by atoms with Crippen molar-refractivity contribution >= 4 is 15.9 Å². The van der Waals surface area contributed by atoms with Gasteiger partial charge in [-0.15, -0.1) is 0 Å². The molecule has 2 heterocycles. The zero-order valence-electron chi connectivity index (χ0n) is 18.3. The van der Waals surface area contributed by atoms with Crippen molar-refractivity contribution in [3.05, 3.63) is 71.8 Å². The highest BCUT2D eigenvalue weighted by atomic mass is 32.2. The standard InChI is InChI=1S/C25H32N2O4S/c28-24(21-9-5-2-6-10-21)22-11-15-26(16-12-22)25(29)23-13-17-27(18-14-23)32(30,31)19-20-7-3-1-4-8-20/h1-10,22-24,28H,11-19H2. The summed E-state index contributed by atoms with van der Waals surface area (Å²) in [6.45, 7) is 2.10. The number of hydrogen-bond acceptors (Lipinski definition) is 4. The predicted octanol–water partition coefficient (Wildman–Crippen LogP) is 3.20. The minimum absolute atomic E-state index is 0.00368. The molecule has 2 aliphatic rings. The zero-order chi connectivity index (χ0) is 22.6. The lowest BCUT2D eigenvalue weighted by atomic mass is 9.86. The predicted molar refractivity (Wildman–Crippen MR) is 124 cm³/mol. The molecule has 7 heteroatoms. The molecule has 4 rings (SSSR count). The normalized spacial score (nSPS) is 20.2. The fourth-order valence-corrected chi connectivity index (χ4v) is 6.44. The van der Waals surface area contributed by atoms with E-state index in [0.717, 1.165) is 24.0 Å². The van der Waals surface area contributed by atoms with Crippen LogP contribution >= 0.6 is 0 Å². The maximum atomic E-state index is 13.0. The van der Waals surface area contributed by atoms with Crippen LogP contribution in [-0.2, 0) is 20.6 Å². The first-order chi connectivity index (χ1) is 15.4. The van der Waals surface area contributed by atoms with Gasteiger partial charge in [0.1, 0.15) is 0 Å². The van der Waals surface area contributed by atoms with Crippen LogP contribution in [0.25, 0.3) is 0 Å². The minimum Gasteiger partial charge on any atom is -0.388 e.